The summed E-state index contributed by atoms with van der Waals surface area (Å²) in [5.41, 5.74) is 63.8. The normalized spacial score (nSPS) is 13.5. The van der Waals surface area contributed by atoms with E-state index in [9.17, 15) is 0 Å². The highest BCUT2D eigenvalue weighted by molar-refractivity contribution is 6.20. The molecule has 0 saturated heterocycles. The Kier molecular flexibility index (Phi) is 14.9. The molecular formula is C124H72N16. The van der Waals surface area contributed by atoms with Crippen molar-refractivity contribution < 1.29 is 0 Å². The lowest BCUT2D eigenvalue weighted by Crippen LogP contribution is -1.94. The van der Waals surface area contributed by atoms with Gasteiger partial charge in [0.25, 0.3) is 0 Å². The summed E-state index contributed by atoms with van der Waals surface area (Å²) in [5, 5.41) is 10.9. The summed E-state index contributed by atoms with van der Waals surface area (Å²) >= 11 is 0. The minimum atomic E-state index is 0.905. The Balaban J connectivity index is 0.0000000829. The van der Waals surface area contributed by atoms with Crippen LogP contribution in [-0.4, -0.2) is 77.4 Å². The van der Waals surface area contributed by atoms with Crippen molar-refractivity contribution >= 4 is 154 Å². The van der Waals surface area contributed by atoms with E-state index in [1.54, 1.807) is 0 Å². The average molecular weight is 1790 g/mol. The van der Waals surface area contributed by atoms with E-state index in [4.69, 9.17) is 29.9 Å². The number of hydrogen-bond acceptors (Lipinski definition) is 12. The summed E-state index contributed by atoms with van der Waals surface area (Å²) in [6.07, 6.45) is 34.5. The minimum Gasteiger partial charge on any atom is -0.291 e. The molecule has 0 fully saturated rings. The minimum absolute atomic E-state index is 0.905. The molecule has 0 N–H and O–H groups in total. The second-order valence-electron chi connectivity index (χ2n) is 38.7. The standard InChI is InChI=1S/4C31H18N4/c1-2-5-20-17(4-1)14-18-7-9-21-23(27(18)20)15-19-8-10-25-30(28(19)21)35-26-11-13-32-16-24(26)29-22(31(35)34-25)6-3-12-33-29;1-2-5-20-17(4-1)14-18-7-9-21-23(27(18)20)15-19-8-10-25-30(28(19)21)35-26-11-13-32-16-24(26)22-6-3-12-33-29(22)31(35)34-25;1-2-4-20-17(3-1)13-18-5-7-22-23(28(18)20)14-19-6-8-26-30(29(19)22)35-27-10-12-33-15-24(27)21-9-11-32-16-25(21)31(35)34-26;1-2-4-20-17(3-1)13-18-5-7-21-23(28(18)20)14-19-6-8-26-30(29(19)21)35-27-10-12-33-16-25(27)24-15-32-11-9-22(24)31(35)34-26/h2*1-13,16H,14-15H2;2*1-12,15-16H,13-14H2. The quantitative estimate of drug-likeness (QED) is 0.132. The predicted octanol–water partition coefficient (Wildman–Crippen LogP) is 26.9. The van der Waals surface area contributed by atoms with Gasteiger partial charge in [-0.1, -0.05) is 176 Å². The summed E-state index contributed by atoms with van der Waals surface area (Å²) < 4.78 is 9.34. The number of fused-ring (bicyclic) bond motifs is 64. The third-order valence-electron chi connectivity index (χ3n) is 31.9. The molecule has 0 unspecified atom stereocenters. The first-order chi connectivity index (χ1) is 69.5. The third-order valence-corrected chi connectivity index (χ3v) is 31.9. The van der Waals surface area contributed by atoms with Crippen molar-refractivity contribution in [1.82, 2.24) is 77.4 Å². The van der Waals surface area contributed by atoms with Crippen LogP contribution in [0.25, 0.3) is 243 Å². The first-order valence-electron chi connectivity index (χ1n) is 48.2. The van der Waals surface area contributed by atoms with E-state index >= 15 is 0 Å². The molecular weight excluding hydrogens is 1710 g/mol. The lowest BCUT2D eigenvalue weighted by molar-refractivity contribution is 1.23. The molecule has 8 aliphatic rings. The largest absolute Gasteiger partial charge is 0.291 e. The van der Waals surface area contributed by atoms with Crippen molar-refractivity contribution in [2.45, 2.75) is 51.4 Å². The maximum absolute atomic E-state index is 5.17. The van der Waals surface area contributed by atoms with E-state index in [1.807, 2.05) is 98.9 Å². The maximum atomic E-state index is 5.17. The van der Waals surface area contributed by atoms with Crippen molar-refractivity contribution in [3.63, 3.8) is 0 Å². The zero-order chi connectivity index (χ0) is 90.7. The molecule has 0 spiro atoms. The molecule has 8 aliphatic carbocycles. The van der Waals surface area contributed by atoms with Crippen LogP contribution in [0, 0.1) is 0 Å². The topological polar surface area (TPSA) is 172 Å². The van der Waals surface area contributed by atoms with Crippen molar-refractivity contribution in [1.29, 1.82) is 0 Å². The monoisotopic (exact) mass is 1780 g/mol. The Morgan fingerprint density at radius 2 is 0.464 bits per heavy atom. The molecule has 16 nitrogen and oxygen atoms in total. The molecule has 28 aromatic rings. The van der Waals surface area contributed by atoms with Gasteiger partial charge in [0.1, 0.15) is 22.5 Å². The van der Waals surface area contributed by atoms with Crippen LogP contribution >= 0.6 is 0 Å². The van der Waals surface area contributed by atoms with Gasteiger partial charge in [-0.2, -0.15) is 0 Å². The first kappa shape index (κ1) is 75.1. The number of aromatic nitrogens is 16. The van der Waals surface area contributed by atoms with Crippen LogP contribution in [-0.2, 0) is 51.4 Å². The van der Waals surface area contributed by atoms with Gasteiger partial charge in [-0.3, -0.25) is 57.5 Å². The molecule has 12 aromatic carbocycles. The SMILES string of the molecule is c1ccc2c(c1)Cc1ccc3c(c1-2)Cc1ccc2nc4c5cccnc5c5cnccc5n4c2c1-3.c1ccc2c(c1)Cc1ccc3c(c1-2)Cc1ccc2nc4c5ccncc5c5cnccc5n4c2c1-3.c1ccc2c(c1)Cc1ccc3c(c1-2)Cc1ccc2nc4c5cnccc5c5cnccc5n4c2c1-3.c1ccc2c(c1)Cc1ccc3c(c1-2)Cc1ccc2nc4c5ncccc5c5cnccc5n4c2c1-3. The molecule has 36 rings (SSSR count). The van der Waals surface area contributed by atoms with Crippen LogP contribution in [0.5, 0.6) is 0 Å². The van der Waals surface area contributed by atoms with Gasteiger partial charge >= 0.3 is 0 Å². The van der Waals surface area contributed by atoms with Crippen LogP contribution in [0.2, 0.25) is 0 Å². The highest BCUT2D eigenvalue weighted by Gasteiger charge is 2.38. The number of rotatable bonds is 0. The van der Waals surface area contributed by atoms with Gasteiger partial charge in [0, 0.05) is 157 Å². The van der Waals surface area contributed by atoms with Gasteiger partial charge in [0.15, 0.2) is 5.65 Å². The second kappa shape index (κ2) is 27.7. The highest BCUT2D eigenvalue weighted by atomic mass is 15.1. The molecule has 0 aliphatic heterocycles. The van der Waals surface area contributed by atoms with Crippen LogP contribution in [0.4, 0.5) is 0 Å². The Hall–Kier alpha value is -18.3. The van der Waals surface area contributed by atoms with Gasteiger partial charge in [0.2, 0.25) is 0 Å². The van der Waals surface area contributed by atoms with E-state index in [0.717, 1.165) is 183 Å². The Bertz CT molecular complexity index is 9460. The van der Waals surface area contributed by atoms with Crippen molar-refractivity contribution in [2.24, 2.45) is 0 Å². The number of hydrogen-bond donors (Lipinski definition) is 0. The van der Waals surface area contributed by atoms with Gasteiger partial charge in [-0.05, 0) is 291 Å². The fourth-order valence-corrected chi connectivity index (χ4v) is 26.3. The molecule has 16 aromatic heterocycles. The van der Waals surface area contributed by atoms with Crippen LogP contribution in [0.3, 0.4) is 0 Å². The maximum Gasteiger partial charge on any atom is 0.165 e. The van der Waals surface area contributed by atoms with Crippen molar-refractivity contribution in [3.05, 3.63) is 431 Å². The Morgan fingerprint density at radius 3 is 0.879 bits per heavy atom. The lowest BCUT2D eigenvalue weighted by atomic mass is 9.95. The fraction of sp³-hybridized carbons (Fsp3) is 0.0645. The van der Waals surface area contributed by atoms with Crippen molar-refractivity contribution in [2.75, 3.05) is 0 Å². The smallest absolute Gasteiger partial charge is 0.165 e. The summed E-state index contributed by atoms with van der Waals surface area (Å²) in [7, 11) is 0. The van der Waals surface area contributed by atoms with Gasteiger partial charge in [0.05, 0.1) is 71.7 Å². The van der Waals surface area contributed by atoms with E-state index in [1.165, 1.54) is 200 Å². The van der Waals surface area contributed by atoms with Gasteiger partial charge in [-0.15, -0.1) is 0 Å². The highest BCUT2D eigenvalue weighted by Crippen LogP contribution is 2.57. The van der Waals surface area contributed by atoms with Crippen molar-refractivity contribution in [3.8, 4) is 89.0 Å². The van der Waals surface area contributed by atoms with Gasteiger partial charge in [-0.25, -0.2) is 19.9 Å². The number of imidazole rings is 4. The predicted molar refractivity (Wildman–Crippen MR) is 559 cm³/mol. The summed E-state index contributed by atoms with van der Waals surface area (Å²) in [6, 6.07) is 92.9. The number of pyridine rings is 12. The summed E-state index contributed by atoms with van der Waals surface area (Å²) in [6.45, 7) is 0. The molecule has 0 bridgehead atoms. The third kappa shape index (κ3) is 10.1. The number of benzene rings is 12. The molecule has 16 heterocycles. The molecule has 648 valence electrons. The van der Waals surface area contributed by atoms with Crippen LogP contribution < -0.4 is 0 Å². The van der Waals surface area contributed by atoms with E-state index < -0.39 is 0 Å². The molecule has 140 heavy (non-hydrogen) atoms. The molecule has 16 heteroatoms. The van der Waals surface area contributed by atoms with Crippen LogP contribution in [0.15, 0.2) is 342 Å². The lowest BCUT2D eigenvalue weighted by Gasteiger charge is -2.11. The second-order valence-corrected chi connectivity index (χ2v) is 38.7. The molecule has 0 amide bonds. The number of nitrogens with zero attached hydrogens (tertiary/aromatic N) is 16. The zero-order valence-electron chi connectivity index (χ0n) is 75.1. The molecule has 0 atom stereocenters. The van der Waals surface area contributed by atoms with E-state index in [0.29, 0.717) is 0 Å². The van der Waals surface area contributed by atoms with Crippen LogP contribution in [0.1, 0.15) is 89.0 Å². The van der Waals surface area contributed by atoms with E-state index in [-0.39, 0.29) is 0 Å². The summed E-state index contributed by atoms with van der Waals surface area (Å²) in [4.78, 5) is 56.7. The summed E-state index contributed by atoms with van der Waals surface area (Å²) in [5.74, 6) is 0. The first-order valence-corrected chi connectivity index (χ1v) is 48.2. The fourth-order valence-electron chi connectivity index (χ4n) is 26.3. The molecule has 0 radical (unpaired) electrons. The zero-order valence-corrected chi connectivity index (χ0v) is 75.1. The Morgan fingerprint density at radius 1 is 0.171 bits per heavy atom. The molecule has 0 saturated carbocycles. The van der Waals surface area contributed by atoms with E-state index in [2.05, 4.69) is 290 Å². The van der Waals surface area contributed by atoms with Gasteiger partial charge < -0.3 is 0 Å². The Labute approximate surface area is 796 Å². The average Bonchev–Trinajstić information content (AvgIpc) is 1.55.